The van der Waals surface area contributed by atoms with E-state index in [9.17, 15) is 0 Å². The lowest BCUT2D eigenvalue weighted by Crippen LogP contribution is -2.39. The van der Waals surface area contributed by atoms with Gasteiger partial charge >= 0.3 is 0 Å². The first-order valence-corrected chi connectivity index (χ1v) is 7.87. The van der Waals surface area contributed by atoms with Gasteiger partial charge in [0, 0.05) is 19.1 Å². The largest absolute Gasteiger partial charge is 0.313 e. The van der Waals surface area contributed by atoms with Gasteiger partial charge in [0.05, 0.1) is 0 Å². The van der Waals surface area contributed by atoms with Crippen molar-refractivity contribution < 1.29 is 0 Å². The Morgan fingerprint density at radius 3 is 3.00 bits per heavy atom. The highest BCUT2D eigenvalue weighted by atomic mass is 15.2. The van der Waals surface area contributed by atoms with Gasteiger partial charge in [-0.15, -0.1) is 0 Å². The van der Waals surface area contributed by atoms with E-state index in [0.29, 0.717) is 6.04 Å². The van der Waals surface area contributed by atoms with E-state index in [1.54, 1.807) is 5.57 Å². The molecule has 1 unspecified atom stereocenters. The van der Waals surface area contributed by atoms with Gasteiger partial charge in [-0.3, -0.25) is 0 Å². The first-order chi connectivity index (χ1) is 8.74. The molecule has 1 fully saturated rings. The highest BCUT2D eigenvalue weighted by molar-refractivity contribution is 5.07. The van der Waals surface area contributed by atoms with Crippen LogP contribution in [0.15, 0.2) is 11.6 Å². The predicted octanol–water partition coefficient (Wildman–Crippen LogP) is 3.20. The van der Waals surface area contributed by atoms with Gasteiger partial charge in [-0.2, -0.15) is 0 Å². The second kappa shape index (κ2) is 7.30. The van der Waals surface area contributed by atoms with E-state index in [4.69, 9.17) is 0 Å². The van der Waals surface area contributed by atoms with Gasteiger partial charge < -0.3 is 10.2 Å². The van der Waals surface area contributed by atoms with Crippen molar-refractivity contribution in [3.8, 4) is 0 Å². The standard InChI is InChI=1S/C16H30N2/c1-14(2)12-16-13-18(10-5-9-17-16)11-8-15-6-3-4-7-15/h6,14,16-17H,3-5,7-13H2,1-2H3. The maximum absolute atomic E-state index is 3.71. The molecule has 1 atom stereocenters. The third-order valence-corrected chi connectivity index (χ3v) is 4.20. The molecule has 0 spiro atoms. The summed E-state index contributed by atoms with van der Waals surface area (Å²) >= 11 is 0. The second-order valence-corrected chi connectivity index (χ2v) is 6.44. The summed E-state index contributed by atoms with van der Waals surface area (Å²) in [6.07, 6.45) is 10.5. The van der Waals surface area contributed by atoms with Crippen molar-refractivity contribution in [2.75, 3.05) is 26.2 Å². The Morgan fingerprint density at radius 2 is 2.28 bits per heavy atom. The van der Waals surface area contributed by atoms with Crippen molar-refractivity contribution in [1.82, 2.24) is 10.2 Å². The number of nitrogens with one attached hydrogen (secondary N) is 1. The van der Waals surface area contributed by atoms with Crippen LogP contribution in [0.1, 0.15) is 52.4 Å². The van der Waals surface area contributed by atoms with Crippen LogP contribution < -0.4 is 5.32 Å². The molecular weight excluding hydrogens is 220 g/mol. The molecule has 1 aliphatic heterocycles. The van der Waals surface area contributed by atoms with E-state index in [0.717, 1.165) is 5.92 Å². The van der Waals surface area contributed by atoms with E-state index in [1.807, 2.05) is 0 Å². The predicted molar refractivity (Wildman–Crippen MR) is 78.9 cm³/mol. The van der Waals surface area contributed by atoms with Gasteiger partial charge in [0.2, 0.25) is 0 Å². The molecule has 104 valence electrons. The monoisotopic (exact) mass is 250 g/mol. The number of hydrogen-bond donors (Lipinski definition) is 1. The first-order valence-electron chi connectivity index (χ1n) is 7.87. The van der Waals surface area contributed by atoms with Crippen molar-refractivity contribution in [2.45, 2.75) is 58.4 Å². The highest BCUT2D eigenvalue weighted by Gasteiger charge is 2.18. The van der Waals surface area contributed by atoms with Crippen molar-refractivity contribution in [3.63, 3.8) is 0 Å². The Bertz CT molecular complexity index is 270. The lowest BCUT2D eigenvalue weighted by molar-refractivity contribution is 0.257. The molecule has 2 aliphatic rings. The number of nitrogens with zero attached hydrogens (tertiary/aromatic N) is 1. The van der Waals surface area contributed by atoms with Crippen LogP contribution in [0.2, 0.25) is 0 Å². The summed E-state index contributed by atoms with van der Waals surface area (Å²) in [5.41, 5.74) is 1.72. The molecule has 1 saturated heterocycles. The van der Waals surface area contributed by atoms with Crippen LogP contribution >= 0.6 is 0 Å². The number of rotatable bonds is 5. The summed E-state index contributed by atoms with van der Waals surface area (Å²) in [6.45, 7) is 9.69. The zero-order chi connectivity index (χ0) is 12.8. The van der Waals surface area contributed by atoms with Gasteiger partial charge in [0.1, 0.15) is 0 Å². The zero-order valence-corrected chi connectivity index (χ0v) is 12.3. The maximum Gasteiger partial charge on any atom is 0.0197 e. The zero-order valence-electron chi connectivity index (χ0n) is 12.3. The molecular formula is C16H30N2. The van der Waals surface area contributed by atoms with E-state index in [2.05, 4.69) is 30.1 Å². The SMILES string of the molecule is CC(C)CC1CN(CCC2=CCCC2)CCCN1. The van der Waals surface area contributed by atoms with Gasteiger partial charge in [-0.1, -0.05) is 25.5 Å². The van der Waals surface area contributed by atoms with E-state index >= 15 is 0 Å². The molecule has 0 aromatic heterocycles. The average molecular weight is 250 g/mol. The van der Waals surface area contributed by atoms with Crippen molar-refractivity contribution in [2.24, 2.45) is 5.92 Å². The van der Waals surface area contributed by atoms with E-state index in [-0.39, 0.29) is 0 Å². The summed E-state index contributed by atoms with van der Waals surface area (Å²) in [5.74, 6) is 0.806. The van der Waals surface area contributed by atoms with Gasteiger partial charge in [-0.05, 0) is 57.5 Å². The minimum Gasteiger partial charge on any atom is -0.313 e. The molecule has 2 nitrogen and oxygen atoms in total. The van der Waals surface area contributed by atoms with E-state index < -0.39 is 0 Å². The highest BCUT2D eigenvalue weighted by Crippen LogP contribution is 2.21. The van der Waals surface area contributed by atoms with Crippen LogP contribution in [-0.2, 0) is 0 Å². The lowest BCUT2D eigenvalue weighted by Gasteiger charge is -2.25. The third-order valence-electron chi connectivity index (χ3n) is 4.20. The quantitative estimate of drug-likeness (QED) is 0.754. The minimum atomic E-state index is 0.713. The average Bonchev–Trinajstić information content (AvgIpc) is 2.74. The molecule has 18 heavy (non-hydrogen) atoms. The normalized spacial score (nSPS) is 26.4. The van der Waals surface area contributed by atoms with Crippen molar-refractivity contribution in [3.05, 3.63) is 11.6 Å². The molecule has 0 bridgehead atoms. The fourth-order valence-corrected chi connectivity index (χ4v) is 3.27. The summed E-state index contributed by atoms with van der Waals surface area (Å²) in [5, 5.41) is 3.71. The van der Waals surface area contributed by atoms with Crippen molar-refractivity contribution >= 4 is 0 Å². The van der Waals surface area contributed by atoms with Gasteiger partial charge in [0.25, 0.3) is 0 Å². The van der Waals surface area contributed by atoms with Gasteiger partial charge in [0.15, 0.2) is 0 Å². The molecule has 2 rings (SSSR count). The van der Waals surface area contributed by atoms with Crippen LogP contribution in [-0.4, -0.2) is 37.1 Å². The molecule has 0 amide bonds. The molecule has 0 saturated carbocycles. The van der Waals surface area contributed by atoms with E-state index in [1.165, 1.54) is 64.7 Å². The molecule has 2 heteroatoms. The molecule has 0 aromatic carbocycles. The minimum absolute atomic E-state index is 0.713. The van der Waals surface area contributed by atoms with Crippen LogP contribution in [0.3, 0.4) is 0 Å². The Kier molecular flexibility index (Phi) is 5.71. The Balaban J connectivity index is 1.75. The fourth-order valence-electron chi connectivity index (χ4n) is 3.27. The second-order valence-electron chi connectivity index (χ2n) is 6.44. The smallest absolute Gasteiger partial charge is 0.0197 e. The Morgan fingerprint density at radius 1 is 1.39 bits per heavy atom. The topological polar surface area (TPSA) is 15.3 Å². The van der Waals surface area contributed by atoms with Crippen molar-refractivity contribution in [1.29, 1.82) is 0 Å². The first kappa shape index (κ1) is 14.1. The summed E-state index contributed by atoms with van der Waals surface area (Å²) in [4.78, 5) is 2.69. The van der Waals surface area contributed by atoms with Gasteiger partial charge in [-0.25, -0.2) is 0 Å². The molecule has 1 N–H and O–H groups in total. The summed E-state index contributed by atoms with van der Waals surface area (Å²) < 4.78 is 0. The lowest BCUT2D eigenvalue weighted by atomic mass is 10.0. The Hall–Kier alpha value is -0.340. The van der Waals surface area contributed by atoms with Crippen LogP contribution in [0.5, 0.6) is 0 Å². The molecule has 1 heterocycles. The molecule has 1 aliphatic carbocycles. The summed E-state index contributed by atoms with van der Waals surface area (Å²) in [7, 11) is 0. The summed E-state index contributed by atoms with van der Waals surface area (Å²) in [6, 6.07) is 0.713. The third kappa shape index (κ3) is 4.74. The molecule has 0 aromatic rings. The fraction of sp³-hybridized carbons (Fsp3) is 0.875. The number of hydrogen-bond acceptors (Lipinski definition) is 2. The maximum atomic E-state index is 3.71. The Labute approximate surface area is 113 Å². The number of allylic oxidation sites excluding steroid dienone is 1. The van der Waals surface area contributed by atoms with Crippen LogP contribution in [0, 0.1) is 5.92 Å². The van der Waals surface area contributed by atoms with Crippen LogP contribution in [0.25, 0.3) is 0 Å². The molecule has 0 radical (unpaired) electrons. The van der Waals surface area contributed by atoms with Crippen LogP contribution in [0.4, 0.5) is 0 Å².